The molecule has 104 valence electrons. The van der Waals surface area contributed by atoms with Crippen LogP contribution in [0.25, 0.3) is 0 Å². The zero-order chi connectivity index (χ0) is 13.7. The highest BCUT2D eigenvalue weighted by Gasteiger charge is 2.27. The maximum Gasteiger partial charge on any atom is 0.326 e. The third kappa shape index (κ3) is 3.78. The highest BCUT2D eigenvalue weighted by atomic mass is 16.5. The van der Waals surface area contributed by atoms with Crippen molar-refractivity contribution in [2.45, 2.75) is 25.3 Å². The first kappa shape index (κ1) is 13.5. The molecule has 19 heavy (non-hydrogen) atoms. The molecule has 7 nitrogen and oxygen atoms in total. The lowest BCUT2D eigenvalue weighted by Gasteiger charge is -2.23. The number of carboxylic acids is 1. The van der Waals surface area contributed by atoms with Gasteiger partial charge < -0.3 is 20.1 Å². The SMILES string of the molecule is O=C(N[C@@H](Cc1cnc[nH]1)C(=O)O)C1CCCOC1. The minimum absolute atomic E-state index is 0.189. The third-order valence-electron chi connectivity index (χ3n) is 3.12. The van der Waals surface area contributed by atoms with Crippen LogP contribution in [-0.2, 0) is 20.7 Å². The van der Waals surface area contributed by atoms with Gasteiger partial charge in [-0.15, -0.1) is 0 Å². The van der Waals surface area contributed by atoms with Crippen LogP contribution in [0.1, 0.15) is 18.5 Å². The molecule has 2 heterocycles. The molecule has 0 radical (unpaired) electrons. The number of hydrogen-bond donors (Lipinski definition) is 3. The zero-order valence-corrected chi connectivity index (χ0v) is 10.5. The van der Waals surface area contributed by atoms with E-state index in [0.29, 0.717) is 18.9 Å². The number of H-pyrrole nitrogens is 1. The largest absolute Gasteiger partial charge is 0.480 e. The second kappa shape index (κ2) is 6.33. The van der Waals surface area contributed by atoms with Crippen molar-refractivity contribution in [3.63, 3.8) is 0 Å². The highest BCUT2D eigenvalue weighted by Crippen LogP contribution is 2.14. The van der Waals surface area contributed by atoms with Gasteiger partial charge in [0.2, 0.25) is 5.91 Å². The van der Waals surface area contributed by atoms with Crippen molar-refractivity contribution < 1.29 is 19.4 Å². The summed E-state index contributed by atoms with van der Waals surface area (Å²) < 4.78 is 5.23. The molecule has 7 heteroatoms. The van der Waals surface area contributed by atoms with Crippen molar-refractivity contribution in [3.05, 3.63) is 18.2 Å². The summed E-state index contributed by atoms with van der Waals surface area (Å²) in [5.41, 5.74) is 0.674. The lowest BCUT2D eigenvalue weighted by atomic mass is 10.0. The molecule has 2 rings (SSSR count). The minimum atomic E-state index is -1.06. The Bertz CT molecular complexity index is 426. The third-order valence-corrected chi connectivity index (χ3v) is 3.12. The average molecular weight is 267 g/mol. The second-order valence-electron chi connectivity index (χ2n) is 4.59. The number of aromatic amines is 1. The molecule has 1 aromatic heterocycles. The van der Waals surface area contributed by atoms with E-state index in [-0.39, 0.29) is 18.2 Å². The Morgan fingerprint density at radius 1 is 1.63 bits per heavy atom. The maximum atomic E-state index is 12.0. The number of imidazole rings is 1. The summed E-state index contributed by atoms with van der Waals surface area (Å²) in [6, 6.07) is -0.949. The van der Waals surface area contributed by atoms with Gasteiger partial charge in [0.15, 0.2) is 0 Å². The molecule has 1 fully saturated rings. The van der Waals surface area contributed by atoms with Crippen LogP contribution in [0.2, 0.25) is 0 Å². The molecule has 1 aromatic rings. The van der Waals surface area contributed by atoms with Gasteiger partial charge in [-0.1, -0.05) is 0 Å². The quantitative estimate of drug-likeness (QED) is 0.693. The van der Waals surface area contributed by atoms with E-state index in [1.54, 1.807) is 6.20 Å². The summed E-state index contributed by atoms with van der Waals surface area (Å²) in [5.74, 6) is -1.57. The number of ether oxygens (including phenoxy) is 1. The van der Waals surface area contributed by atoms with Gasteiger partial charge in [-0.3, -0.25) is 4.79 Å². The molecule has 1 unspecified atom stereocenters. The molecule has 1 aliphatic rings. The normalized spacial score (nSPS) is 20.7. The van der Waals surface area contributed by atoms with E-state index in [1.165, 1.54) is 6.33 Å². The van der Waals surface area contributed by atoms with Crippen molar-refractivity contribution in [2.75, 3.05) is 13.2 Å². The topological polar surface area (TPSA) is 104 Å². The first-order chi connectivity index (χ1) is 9.16. The van der Waals surface area contributed by atoms with Gasteiger partial charge >= 0.3 is 5.97 Å². The molecule has 0 saturated carbocycles. The van der Waals surface area contributed by atoms with Crippen molar-refractivity contribution in [1.29, 1.82) is 0 Å². The number of carbonyl (C=O) groups excluding carboxylic acids is 1. The molecule has 2 atom stereocenters. The summed E-state index contributed by atoms with van der Waals surface area (Å²) in [4.78, 5) is 29.8. The van der Waals surface area contributed by atoms with Crippen molar-refractivity contribution in [1.82, 2.24) is 15.3 Å². The maximum absolute atomic E-state index is 12.0. The van der Waals surface area contributed by atoms with E-state index >= 15 is 0 Å². The van der Waals surface area contributed by atoms with Crippen LogP contribution >= 0.6 is 0 Å². The van der Waals surface area contributed by atoms with Gasteiger partial charge in [0, 0.05) is 24.9 Å². The predicted molar refractivity (Wildman–Crippen MR) is 65.4 cm³/mol. The Labute approximate surface area is 110 Å². The number of nitrogens with one attached hydrogen (secondary N) is 2. The summed E-state index contributed by atoms with van der Waals surface area (Å²) in [6.07, 6.45) is 4.78. The molecule has 0 aliphatic carbocycles. The van der Waals surface area contributed by atoms with Gasteiger partial charge in [-0.2, -0.15) is 0 Å². The van der Waals surface area contributed by atoms with Crippen LogP contribution in [0.15, 0.2) is 12.5 Å². The molecule has 1 amide bonds. The summed E-state index contributed by atoms with van der Waals surface area (Å²) in [7, 11) is 0. The Kier molecular flexibility index (Phi) is 4.51. The number of rotatable bonds is 5. The van der Waals surface area contributed by atoms with Crippen LogP contribution in [0.5, 0.6) is 0 Å². The van der Waals surface area contributed by atoms with Crippen molar-refractivity contribution >= 4 is 11.9 Å². The molecule has 3 N–H and O–H groups in total. The lowest BCUT2D eigenvalue weighted by molar-refractivity contribution is -0.143. The number of carboxylic acid groups (broad SMARTS) is 1. The van der Waals surface area contributed by atoms with Crippen molar-refractivity contribution in [2.24, 2.45) is 5.92 Å². The van der Waals surface area contributed by atoms with Crippen LogP contribution < -0.4 is 5.32 Å². The number of hydrogen-bond acceptors (Lipinski definition) is 4. The van der Waals surface area contributed by atoms with Gasteiger partial charge in [-0.05, 0) is 12.8 Å². The van der Waals surface area contributed by atoms with E-state index in [2.05, 4.69) is 15.3 Å². The first-order valence-corrected chi connectivity index (χ1v) is 6.25. The molecule has 0 aromatic carbocycles. The summed E-state index contributed by atoms with van der Waals surface area (Å²) in [6.45, 7) is 1.03. The van der Waals surface area contributed by atoms with E-state index in [1.807, 2.05) is 0 Å². The number of carbonyl (C=O) groups is 2. The molecule has 0 spiro atoms. The monoisotopic (exact) mass is 267 g/mol. The van der Waals surface area contributed by atoms with Crippen LogP contribution in [0.3, 0.4) is 0 Å². The Morgan fingerprint density at radius 3 is 3.05 bits per heavy atom. The van der Waals surface area contributed by atoms with E-state index < -0.39 is 12.0 Å². The zero-order valence-electron chi connectivity index (χ0n) is 10.5. The average Bonchev–Trinajstić information content (AvgIpc) is 2.91. The fourth-order valence-corrected chi connectivity index (χ4v) is 2.05. The fourth-order valence-electron chi connectivity index (χ4n) is 2.05. The minimum Gasteiger partial charge on any atom is -0.480 e. The Morgan fingerprint density at radius 2 is 2.47 bits per heavy atom. The van der Waals surface area contributed by atoms with Crippen molar-refractivity contribution in [3.8, 4) is 0 Å². The van der Waals surface area contributed by atoms with E-state index in [4.69, 9.17) is 9.84 Å². The molecule has 1 aliphatic heterocycles. The molecular formula is C12H17N3O4. The summed E-state index contributed by atoms with van der Waals surface area (Å²) in [5, 5.41) is 11.7. The second-order valence-corrected chi connectivity index (χ2v) is 4.59. The van der Waals surface area contributed by atoms with E-state index in [9.17, 15) is 9.59 Å². The standard InChI is InChI=1S/C12H17N3O4/c16-11(8-2-1-3-19-6-8)15-10(12(17)18)4-9-5-13-7-14-9/h5,7-8,10H,1-4,6H2,(H,13,14)(H,15,16)(H,17,18)/t8?,10-/m0/s1. The molecular weight excluding hydrogens is 250 g/mol. The van der Waals surface area contributed by atoms with Gasteiger partial charge in [0.1, 0.15) is 6.04 Å². The van der Waals surface area contributed by atoms with Gasteiger partial charge in [-0.25, -0.2) is 9.78 Å². The fraction of sp³-hybridized carbons (Fsp3) is 0.583. The highest BCUT2D eigenvalue weighted by molar-refractivity contribution is 5.85. The smallest absolute Gasteiger partial charge is 0.326 e. The number of aromatic nitrogens is 2. The molecule has 0 bridgehead atoms. The van der Waals surface area contributed by atoms with Gasteiger partial charge in [0.05, 0.1) is 18.9 Å². The lowest BCUT2D eigenvalue weighted by Crippen LogP contribution is -2.46. The van der Waals surface area contributed by atoms with Gasteiger partial charge in [0.25, 0.3) is 0 Å². The Hall–Kier alpha value is -1.89. The molecule has 1 saturated heterocycles. The predicted octanol–water partition coefficient (Wildman–Crippen LogP) is -0.0518. The van der Waals surface area contributed by atoms with Crippen LogP contribution in [0.4, 0.5) is 0 Å². The number of aliphatic carboxylic acids is 1. The summed E-state index contributed by atoms with van der Waals surface area (Å²) >= 11 is 0. The van der Waals surface area contributed by atoms with Crippen LogP contribution in [-0.4, -0.2) is 46.2 Å². The Balaban J connectivity index is 1.92. The van der Waals surface area contributed by atoms with E-state index in [0.717, 1.165) is 12.8 Å². The first-order valence-electron chi connectivity index (χ1n) is 6.25. The van der Waals surface area contributed by atoms with Crippen LogP contribution in [0, 0.1) is 5.92 Å². The number of amides is 1. The number of nitrogens with zero attached hydrogens (tertiary/aromatic N) is 1.